The van der Waals surface area contributed by atoms with Crippen LogP contribution in [0.25, 0.3) is 16.6 Å². The van der Waals surface area contributed by atoms with Gasteiger partial charge in [0.25, 0.3) is 0 Å². The van der Waals surface area contributed by atoms with Crippen molar-refractivity contribution in [1.29, 1.82) is 5.26 Å². The SMILES string of the molecule is CCOc1cc(-c2ccc(N3CC(NC)CC(C(F)(F)F)C3)nc2)c2c(C#N)cnn2c1. The predicted molar refractivity (Wildman–Crippen MR) is 114 cm³/mol. The molecule has 0 bridgehead atoms. The highest BCUT2D eigenvalue weighted by atomic mass is 19.4. The fourth-order valence-corrected chi connectivity index (χ4v) is 4.11. The molecule has 0 spiro atoms. The minimum absolute atomic E-state index is 0.0505. The lowest BCUT2D eigenvalue weighted by Gasteiger charge is -2.39. The summed E-state index contributed by atoms with van der Waals surface area (Å²) in [6.45, 7) is 2.66. The molecule has 0 aromatic carbocycles. The standard InChI is InChI=1S/C22H23F3N6O/c1-3-32-18-7-19(21-15(8-26)10-29-31(21)13-18)14-4-5-20(28-9-14)30-11-16(22(23,24)25)6-17(12-30)27-2/h4-5,7,9-10,13,16-17,27H,3,6,11-12H2,1-2H3. The van der Waals surface area contributed by atoms with Crippen molar-refractivity contribution in [1.82, 2.24) is 19.9 Å². The Bertz CT molecular complexity index is 1140. The molecule has 2 unspecified atom stereocenters. The van der Waals surface area contributed by atoms with Crippen molar-refractivity contribution in [2.24, 2.45) is 5.92 Å². The van der Waals surface area contributed by atoms with E-state index in [1.54, 1.807) is 41.0 Å². The number of anilines is 1. The lowest BCUT2D eigenvalue weighted by molar-refractivity contribution is -0.177. The van der Waals surface area contributed by atoms with E-state index in [0.717, 1.165) is 0 Å². The number of nitrogens with zero attached hydrogens (tertiary/aromatic N) is 5. The van der Waals surface area contributed by atoms with Crippen LogP contribution in [0, 0.1) is 17.2 Å². The second kappa shape index (κ2) is 8.67. The maximum absolute atomic E-state index is 13.4. The topological polar surface area (TPSA) is 78.5 Å². The van der Waals surface area contributed by atoms with Crippen LogP contribution < -0.4 is 15.0 Å². The molecule has 4 rings (SSSR count). The van der Waals surface area contributed by atoms with Crippen LogP contribution in [0.2, 0.25) is 0 Å². The van der Waals surface area contributed by atoms with Crippen molar-refractivity contribution in [2.75, 3.05) is 31.6 Å². The summed E-state index contributed by atoms with van der Waals surface area (Å²) in [6, 6.07) is 7.19. The number of hydrogen-bond donors (Lipinski definition) is 1. The maximum atomic E-state index is 13.4. The third kappa shape index (κ3) is 4.21. The molecule has 0 saturated carbocycles. The zero-order valence-electron chi connectivity index (χ0n) is 17.7. The molecule has 3 aromatic rings. The lowest BCUT2D eigenvalue weighted by Crippen LogP contribution is -2.52. The lowest BCUT2D eigenvalue weighted by atomic mass is 9.93. The Morgan fingerprint density at radius 2 is 2.09 bits per heavy atom. The molecular weight excluding hydrogens is 421 g/mol. The summed E-state index contributed by atoms with van der Waals surface area (Å²) in [5.74, 6) is -0.343. The number of halogens is 3. The van der Waals surface area contributed by atoms with Crippen LogP contribution in [0.4, 0.5) is 19.0 Å². The second-order valence-corrected chi connectivity index (χ2v) is 7.76. The fourth-order valence-electron chi connectivity index (χ4n) is 4.11. The van der Waals surface area contributed by atoms with Crippen molar-refractivity contribution in [2.45, 2.75) is 25.6 Å². The molecule has 3 aromatic heterocycles. The van der Waals surface area contributed by atoms with Crippen molar-refractivity contribution in [3.8, 4) is 22.9 Å². The van der Waals surface area contributed by atoms with Gasteiger partial charge in [-0.1, -0.05) is 0 Å². The van der Waals surface area contributed by atoms with Crippen LogP contribution in [-0.4, -0.2) is 53.6 Å². The van der Waals surface area contributed by atoms with Crippen molar-refractivity contribution >= 4 is 11.3 Å². The third-order valence-corrected chi connectivity index (χ3v) is 5.72. The highest BCUT2D eigenvalue weighted by Gasteiger charge is 2.44. The summed E-state index contributed by atoms with van der Waals surface area (Å²) >= 11 is 0. The van der Waals surface area contributed by atoms with E-state index in [0.29, 0.717) is 46.9 Å². The molecule has 7 nitrogen and oxygen atoms in total. The van der Waals surface area contributed by atoms with Crippen LogP contribution in [0.1, 0.15) is 18.9 Å². The molecule has 0 amide bonds. The first-order valence-electron chi connectivity index (χ1n) is 10.3. The Hall–Kier alpha value is -3.32. The van der Waals surface area contributed by atoms with Crippen LogP contribution >= 0.6 is 0 Å². The highest BCUT2D eigenvalue weighted by Crippen LogP contribution is 2.35. The first-order valence-corrected chi connectivity index (χ1v) is 10.3. The summed E-state index contributed by atoms with van der Waals surface area (Å²) < 4.78 is 47.4. The van der Waals surface area contributed by atoms with Crippen molar-refractivity contribution < 1.29 is 17.9 Å². The Labute approximate surface area is 183 Å². The van der Waals surface area contributed by atoms with Gasteiger partial charge in [0.2, 0.25) is 0 Å². The summed E-state index contributed by atoms with van der Waals surface area (Å²) in [7, 11) is 1.67. The summed E-state index contributed by atoms with van der Waals surface area (Å²) in [6.07, 6.45) is 0.594. The van der Waals surface area contributed by atoms with E-state index in [-0.39, 0.29) is 19.0 Å². The molecule has 0 radical (unpaired) electrons. The molecule has 1 aliphatic heterocycles. The number of rotatable bonds is 5. The number of pyridine rings is 2. The smallest absolute Gasteiger partial charge is 0.393 e. The Morgan fingerprint density at radius 3 is 2.72 bits per heavy atom. The van der Waals surface area contributed by atoms with Crippen LogP contribution in [0.3, 0.4) is 0 Å². The molecule has 0 aliphatic carbocycles. The molecule has 1 fully saturated rings. The Kier molecular flexibility index (Phi) is 5.93. The number of hydrogen-bond acceptors (Lipinski definition) is 6. The quantitative estimate of drug-likeness (QED) is 0.647. The average Bonchev–Trinajstić information content (AvgIpc) is 3.21. The summed E-state index contributed by atoms with van der Waals surface area (Å²) in [5, 5.41) is 16.7. The molecule has 32 heavy (non-hydrogen) atoms. The van der Waals surface area contributed by atoms with Gasteiger partial charge in [0, 0.05) is 36.5 Å². The molecular formula is C22H23F3N6O. The highest BCUT2D eigenvalue weighted by molar-refractivity contribution is 5.85. The van der Waals surface area contributed by atoms with Gasteiger partial charge in [0.05, 0.1) is 36.0 Å². The molecule has 10 heteroatoms. The number of nitrogens with one attached hydrogen (secondary N) is 1. The molecule has 1 aliphatic rings. The third-order valence-electron chi connectivity index (χ3n) is 5.72. The minimum Gasteiger partial charge on any atom is -0.492 e. The van der Waals surface area contributed by atoms with E-state index >= 15 is 0 Å². The Morgan fingerprint density at radius 1 is 1.28 bits per heavy atom. The maximum Gasteiger partial charge on any atom is 0.393 e. The number of ether oxygens (including phenoxy) is 1. The van der Waals surface area contributed by atoms with Gasteiger partial charge in [0.1, 0.15) is 17.6 Å². The number of likely N-dealkylation sites (N-methyl/N-ethyl adjacent to an activating group) is 1. The normalized spacial score (nSPS) is 19.2. The van der Waals surface area contributed by atoms with Crippen LogP contribution in [0.15, 0.2) is 36.8 Å². The first-order chi connectivity index (χ1) is 15.3. The number of piperidine rings is 1. The monoisotopic (exact) mass is 444 g/mol. The van der Waals surface area contributed by atoms with Gasteiger partial charge in [-0.15, -0.1) is 0 Å². The number of nitriles is 1. The van der Waals surface area contributed by atoms with Crippen LogP contribution in [0.5, 0.6) is 5.75 Å². The Balaban J connectivity index is 1.69. The molecule has 1 saturated heterocycles. The zero-order chi connectivity index (χ0) is 22.9. The van der Waals surface area contributed by atoms with Gasteiger partial charge in [-0.25, -0.2) is 9.50 Å². The zero-order valence-corrected chi connectivity index (χ0v) is 17.7. The van der Waals surface area contributed by atoms with E-state index in [1.807, 2.05) is 13.0 Å². The van der Waals surface area contributed by atoms with Gasteiger partial charge in [0.15, 0.2) is 0 Å². The average molecular weight is 444 g/mol. The largest absolute Gasteiger partial charge is 0.492 e. The van der Waals surface area contributed by atoms with E-state index in [2.05, 4.69) is 21.5 Å². The van der Waals surface area contributed by atoms with Crippen molar-refractivity contribution in [3.05, 3.63) is 42.4 Å². The van der Waals surface area contributed by atoms with Gasteiger partial charge in [-0.2, -0.15) is 23.5 Å². The van der Waals surface area contributed by atoms with Crippen molar-refractivity contribution in [3.63, 3.8) is 0 Å². The van der Waals surface area contributed by atoms with Gasteiger partial charge in [-0.3, -0.25) is 0 Å². The van der Waals surface area contributed by atoms with Gasteiger partial charge in [-0.05, 0) is 38.6 Å². The van der Waals surface area contributed by atoms with Gasteiger partial charge < -0.3 is 15.0 Å². The van der Waals surface area contributed by atoms with E-state index in [9.17, 15) is 18.4 Å². The van der Waals surface area contributed by atoms with E-state index < -0.39 is 12.1 Å². The number of alkyl halides is 3. The summed E-state index contributed by atoms with van der Waals surface area (Å²) in [4.78, 5) is 6.13. The second-order valence-electron chi connectivity index (χ2n) is 7.76. The number of aromatic nitrogens is 3. The minimum atomic E-state index is -4.26. The van der Waals surface area contributed by atoms with E-state index in [1.165, 1.54) is 6.20 Å². The molecule has 4 heterocycles. The van der Waals surface area contributed by atoms with Gasteiger partial charge >= 0.3 is 6.18 Å². The molecule has 2 atom stereocenters. The first kappa shape index (κ1) is 21.9. The fraction of sp³-hybridized carbons (Fsp3) is 0.409. The van der Waals surface area contributed by atoms with Crippen LogP contribution in [-0.2, 0) is 0 Å². The molecule has 1 N–H and O–H groups in total. The summed E-state index contributed by atoms with van der Waals surface area (Å²) in [5.41, 5.74) is 2.46. The molecule has 168 valence electrons. The number of fused-ring (bicyclic) bond motifs is 1. The van der Waals surface area contributed by atoms with E-state index in [4.69, 9.17) is 4.74 Å². The predicted octanol–water partition coefficient (Wildman–Crippen LogP) is 3.64.